The number of nitrogens with zero attached hydrogens (tertiary/aromatic N) is 4. The first-order valence-corrected chi connectivity index (χ1v) is 11.2. The van der Waals surface area contributed by atoms with Crippen molar-refractivity contribution in [2.45, 2.75) is 9.79 Å². The van der Waals surface area contributed by atoms with Crippen LogP contribution in [0.25, 0.3) is 22.8 Å². The first-order valence-electron chi connectivity index (χ1n) is 10.4. The van der Waals surface area contributed by atoms with Gasteiger partial charge in [-0.25, -0.2) is 4.98 Å². The minimum absolute atomic E-state index is 0.609. The van der Waals surface area contributed by atoms with Crippen LogP contribution in [0.2, 0.25) is 0 Å². The van der Waals surface area contributed by atoms with E-state index in [1.54, 1.807) is 11.8 Å². The van der Waals surface area contributed by atoms with E-state index in [-0.39, 0.29) is 0 Å². The number of fused-ring (bicyclic) bond motifs is 2. The van der Waals surface area contributed by atoms with Gasteiger partial charge < -0.3 is 0 Å². The Labute approximate surface area is 190 Å². The quantitative estimate of drug-likeness (QED) is 0.298. The van der Waals surface area contributed by atoms with Gasteiger partial charge >= 0.3 is 0 Å². The molecule has 32 heavy (non-hydrogen) atoms. The number of para-hydroxylation sites is 2. The number of aromatic nitrogens is 3. The molecule has 0 unspecified atom stereocenters. The summed E-state index contributed by atoms with van der Waals surface area (Å²) in [6, 6.07) is 36.9. The largest absolute Gasteiger partial charge is 0.277 e. The van der Waals surface area contributed by atoms with Gasteiger partial charge in [0.2, 0.25) is 5.95 Å². The molecule has 4 aromatic carbocycles. The summed E-state index contributed by atoms with van der Waals surface area (Å²) in [5.41, 5.74) is 4.06. The molecule has 0 bridgehead atoms. The molecule has 0 amide bonds. The number of benzene rings is 4. The van der Waals surface area contributed by atoms with Gasteiger partial charge in [-0.3, -0.25) is 4.90 Å². The van der Waals surface area contributed by atoms with Gasteiger partial charge in [0.25, 0.3) is 0 Å². The second-order valence-electron chi connectivity index (χ2n) is 7.39. The van der Waals surface area contributed by atoms with Crippen molar-refractivity contribution in [3.63, 3.8) is 0 Å². The Kier molecular flexibility index (Phi) is 4.66. The van der Waals surface area contributed by atoms with Crippen molar-refractivity contribution in [2.75, 3.05) is 4.90 Å². The molecule has 1 aromatic heterocycles. The maximum atomic E-state index is 4.95. The SMILES string of the molecule is c1ccc(-c2nc(-c3ccccc3)nc(N3c4ccccc4Sc4ccccc43)n2)cc1. The van der Waals surface area contributed by atoms with E-state index in [2.05, 4.69) is 53.4 Å². The lowest BCUT2D eigenvalue weighted by Crippen LogP contribution is -2.18. The van der Waals surface area contributed by atoms with Crippen LogP contribution in [0.15, 0.2) is 119 Å². The third-order valence-corrected chi connectivity index (χ3v) is 6.45. The molecular weight excluding hydrogens is 412 g/mol. The number of rotatable bonds is 3. The average molecular weight is 431 g/mol. The summed E-state index contributed by atoms with van der Waals surface area (Å²) < 4.78 is 0. The molecule has 0 aliphatic carbocycles. The lowest BCUT2D eigenvalue weighted by atomic mass is 10.2. The van der Waals surface area contributed by atoms with Crippen molar-refractivity contribution in [2.24, 2.45) is 0 Å². The molecule has 5 aromatic rings. The van der Waals surface area contributed by atoms with Crippen molar-refractivity contribution in [1.29, 1.82) is 0 Å². The molecule has 0 atom stereocenters. The number of hydrogen-bond acceptors (Lipinski definition) is 5. The van der Waals surface area contributed by atoms with E-state index >= 15 is 0 Å². The Morgan fingerprint density at radius 1 is 0.469 bits per heavy atom. The fourth-order valence-electron chi connectivity index (χ4n) is 3.82. The van der Waals surface area contributed by atoms with E-state index in [0.717, 1.165) is 22.5 Å². The summed E-state index contributed by atoms with van der Waals surface area (Å²) in [5, 5.41) is 0. The van der Waals surface area contributed by atoms with Crippen LogP contribution in [0.4, 0.5) is 17.3 Å². The maximum absolute atomic E-state index is 4.95. The third-order valence-electron chi connectivity index (χ3n) is 5.32. The van der Waals surface area contributed by atoms with Gasteiger partial charge in [0.1, 0.15) is 0 Å². The molecule has 0 fully saturated rings. The zero-order chi connectivity index (χ0) is 21.3. The van der Waals surface area contributed by atoms with Gasteiger partial charge in [-0.15, -0.1) is 0 Å². The van der Waals surface area contributed by atoms with Crippen LogP contribution < -0.4 is 4.90 Å². The molecule has 0 saturated heterocycles. The van der Waals surface area contributed by atoms with Gasteiger partial charge in [-0.05, 0) is 24.3 Å². The predicted octanol–water partition coefficient (Wildman–Crippen LogP) is 7.14. The average Bonchev–Trinajstić information content (AvgIpc) is 2.88. The van der Waals surface area contributed by atoms with E-state index in [0.29, 0.717) is 17.6 Å². The van der Waals surface area contributed by atoms with Crippen molar-refractivity contribution in [3.05, 3.63) is 109 Å². The molecule has 1 aliphatic heterocycles. The summed E-state index contributed by atoms with van der Waals surface area (Å²) in [6.07, 6.45) is 0. The highest BCUT2D eigenvalue weighted by Crippen LogP contribution is 2.50. The minimum Gasteiger partial charge on any atom is -0.277 e. The summed E-state index contributed by atoms with van der Waals surface area (Å²) in [4.78, 5) is 19.2. The second-order valence-corrected chi connectivity index (χ2v) is 8.47. The van der Waals surface area contributed by atoms with Crippen LogP contribution in [0.1, 0.15) is 0 Å². The molecule has 0 saturated carbocycles. The zero-order valence-corrected chi connectivity index (χ0v) is 17.9. The Morgan fingerprint density at radius 3 is 1.41 bits per heavy atom. The van der Waals surface area contributed by atoms with Crippen LogP contribution in [0.3, 0.4) is 0 Å². The Morgan fingerprint density at radius 2 is 0.906 bits per heavy atom. The smallest absolute Gasteiger partial charge is 0.238 e. The van der Waals surface area contributed by atoms with Crippen LogP contribution >= 0.6 is 11.8 Å². The molecular formula is C27H18N4S. The van der Waals surface area contributed by atoms with Crippen molar-refractivity contribution < 1.29 is 0 Å². The third kappa shape index (κ3) is 3.33. The summed E-state index contributed by atoms with van der Waals surface area (Å²) in [7, 11) is 0. The van der Waals surface area contributed by atoms with Crippen molar-refractivity contribution in [3.8, 4) is 22.8 Å². The topological polar surface area (TPSA) is 41.9 Å². The molecule has 5 heteroatoms. The van der Waals surface area contributed by atoms with Gasteiger partial charge in [0.15, 0.2) is 11.6 Å². The van der Waals surface area contributed by atoms with Crippen LogP contribution in [-0.2, 0) is 0 Å². The monoisotopic (exact) mass is 430 g/mol. The van der Waals surface area contributed by atoms with E-state index in [1.807, 2.05) is 60.7 Å². The molecule has 4 nitrogen and oxygen atoms in total. The van der Waals surface area contributed by atoms with Crippen LogP contribution in [-0.4, -0.2) is 15.0 Å². The van der Waals surface area contributed by atoms with Crippen LogP contribution in [0, 0.1) is 0 Å². The van der Waals surface area contributed by atoms with Gasteiger partial charge in [-0.1, -0.05) is 96.7 Å². The molecule has 1 aliphatic rings. The molecule has 0 radical (unpaired) electrons. The van der Waals surface area contributed by atoms with E-state index in [4.69, 9.17) is 15.0 Å². The standard InChI is InChI=1S/C27H18N4S/c1-3-11-19(12-4-1)25-28-26(20-13-5-2-6-14-20)30-27(29-25)31-21-15-7-9-17-23(21)32-24-18-10-8-16-22(24)31/h1-18H. The highest BCUT2D eigenvalue weighted by atomic mass is 32.2. The lowest BCUT2D eigenvalue weighted by molar-refractivity contribution is 1.00. The van der Waals surface area contributed by atoms with Crippen molar-refractivity contribution in [1.82, 2.24) is 15.0 Å². The molecule has 0 spiro atoms. The molecule has 6 rings (SSSR count). The molecule has 2 heterocycles. The van der Waals surface area contributed by atoms with E-state index in [9.17, 15) is 0 Å². The van der Waals surface area contributed by atoms with Gasteiger partial charge in [0.05, 0.1) is 11.4 Å². The highest BCUT2D eigenvalue weighted by molar-refractivity contribution is 7.99. The summed E-state index contributed by atoms with van der Waals surface area (Å²) >= 11 is 1.77. The Hall–Kier alpha value is -3.96. The maximum Gasteiger partial charge on any atom is 0.238 e. The zero-order valence-electron chi connectivity index (χ0n) is 17.1. The summed E-state index contributed by atoms with van der Waals surface area (Å²) in [5.74, 6) is 1.92. The van der Waals surface area contributed by atoms with Gasteiger partial charge in [0, 0.05) is 20.9 Å². The molecule has 152 valence electrons. The fourth-order valence-corrected chi connectivity index (χ4v) is 4.88. The normalized spacial score (nSPS) is 12.2. The van der Waals surface area contributed by atoms with E-state index in [1.165, 1.54) is 9.79 Å². The Bertz CT molecular complexity index is 1300. The van der Waals surface area contributed by atoms with Crippen molar-refractivity contribution >= 4 is 29.1 Å². The molecule has 0 N–H and O–H groups in total. The van der Waals surface area contributed by atoms with E-state index < -0.39 is 0 Å². The highest BCUT2D eigenvalue weighted by Gasteiger charge is 2.27. The predicted molar refractivity (Wildman–Crippen MR) is 130 cm³/mol. The van der Waals surface area contributed by atoms with Crippen LogP contribution in [0.5, 0.6) is 0 Å². The number of hydrogen-bond donors (Lipinski definition) is 0. The minimum atomic E-state index is 0.609. The summed E-state index contributed by atoms with van der Waals surface area (Å²) in [6.45, 7) is 0. The second kappa shape index (κ2) is 7.94. The lowest BCUT2D eigenvalue weighted by Gasteiger charge is -2.31. The number of anilines is 3. The fraction of sp³-hybridized carbons (Fsp3) is 0. The van der Waals surface area contributed by atoms with Gasteiger partial charge in [-0.2, -0.15) is 9.97 Å². The first-order chi connectivity index (χ1) is 15.9. The Balaban J connectivity index is 1.61. The first kappa shape index (κ1) is 18.8.